The number of benzene rings is 2. The van der Waals surface area contributed by atoms with E-state index in [1.807, 2.05) is 18.2 Å². The summed E-state index contributed by atoms with van der Waals surface area (Å²) in [7, 11) is 0. The maximum absolute atomic E-state index is 14.1. The van der Waals surface area contributed by atoms with E-state index in [1.165, 1.54) is 11.6 Å². The number of aliphatic hydroxyl groups excluding tert-OH is 1. The van der Waals surface area contributed by atoms with Gasteiger partial charge in [-0.05, 0) is 42.2 Å². The molecule has 0 aromatic heterocycles. The summed E-state index contributed by atoms with van der Waals surface area (Å²) in [6, 6.07) is 12.6. The molecule has 0 bridgehead atoms. The smallest absolute Gasteiger partial charge is 0.129 e. The largest absolute Gasteiger partial charge is 0.387 e. The molecule has 0 saturated heterocycles. The van der Waals surface area contributed by atoms with Gasteiger partial charge in [0.25, 0.3) is 0 Å². The highest BCUT2D eigenvalue weighted by molar-refractivity contribution is 9.10. The van der Waals surface area contributed by atoms with Crippen LogP contribution in [0.3, 0.4) is 0 Å². The fourth-order valence-electron chi connectivity index (χ4n) is 3.35. The number of nitrogens with two attached hydrogens (primary N) is 1. The van der Waals surface area contributed by atoms with Gasteiger partial charge >= 0.3 is 0 Å². The molecule has 2 aromatic rings. The Balaban J connectivity index is 2.11. The first kappa shape index (κ1) is 14.7. The van der Waals surface area contributed by atoms with Crippen molar-refractivity contribution >= 4 is 15.9 Å². The van der Waals surface area contributed by atoms with Crippen LogP contribution in [0.1, 0.15) is 29.2 Å². The lowest BCUT2D eigenvalue weighted by molar-refractivity contribution is 0.0806. The van der Waals surface area contributed by atoms with Gasteiger partial charge in [0, 0.05) is 22.0 Å². The topological polar surface area (TPSA) is 46.2 Å². The van der Waals surface area contributed by atoms with E-state index in [0.717, 1.165) is 22.9 Å². The second kappa shape index (κ2) is 5.52. The predicted molar refractivity (Wildman–Crippen MR) is 84.6 cm³/mol. The van der Waals surface area contributed by atoms with Crippen LogP contribution >= 0.6 is 15.9 Å². The summed E-state index contributed by atoms with van der Waals surface area (Å²) in [6.07, 6.45) is 0.638. The number of rotatable bonds is 3. The molecule has 110 valence electrons. The van der Waals surface area contributed by atoms with E-state index in [2.05, 4.69) is 22.0 Å². The molecule has 0 aliphatic heterocycles. The third-order valence-electron chi connectivity index (χ3n) is 4.53. The minimum absolute atomic E-state index is 0.289. The van der Waals surface area contributed by atoms with Crippen molar-refractivity contribution in [1.29, 1.82) is 0 Å². The maximum atomic E-state index is 14.1. The molecule has 0 amide bonds. The first-order valence-corrected chi connectivity index (χ1v) is 7.79. The second-order valence-electron chi connectivity index (χ2n) is 5.59. The lowest BCUT2D eigenvalue weighted by atomic mass is 9.74. The molecule has 0 spiro atoms. The van der Waals surface area contributed by atoms with Crippen molar-refractivity contribution in [2.24, 2.45) is 5.73 Å². The highest BCUT2D eigenvalue weighted by Crippen LogP contribution is 2.47. The lowest BCUT2D eigenvalue weighted by Gasteiger charge is -2.34. The summed E-state index contributed by atoms with van der Waals surface area (Å²) >= 11 is 3.34. The summed E-state index contributed by atoms with van der Waals surface area (Å²) in [4.78, 5) is 0. The highest BCUT2D eigenvalue weighted by atomic mass is 79.9. The van der Waals surface area contributed by atoms with Crippen LogP contribution in [0.15, 0.2) is 46.9 Å². The van der Waals surface area contributed by atoms with E-state index < -0.39 is 17.3 Å². The van der Waals surface area contributed by atoms with Crippen LogP contribution in [0, 0.1) is 5.82 Å². The van der Waals surface area contributed by atoms with Crippen molar-refractivity contribution in [1.82, 2.24) is 0 Å². The molecule has 1 aliphatic carbocycles. The Hall–Kier alpha value is -1.23. The van der Waals surface area contributed by atoms with E-state index in [1.54, 1.807) is 12.1 Å². The van der Waals surface area contributed by atoms with Gasteiger partial charge < -0.3 is 10.8 Å². The van der Waals surface area contributed by atoms with Crippen molar-refractivity contribution in [3.05, 3.63) is 69.4 Å². The summed E-state index contributed by atoms with van der Waals surface area (Å²) in [5.41, 5.74) is 7.93. The molecule has 3 rings (SSSR count). The summed E-state index contributed by atoms with van der Waals surface area (Å²) in [6.45, 7) is 0.289. The van der Waals surface area contributed by atoms with Crippen LogP contribution in [-0.2, 0) is 11.8 Å². The maximum Gasteiger partial charge on any atom is 0.129 e. The number of hydrogen-bond donors (Lipinski definition) is 2. The third kappa shape index (κ3) is 2.31. The average molecular weight is 350 g/mol. The molecule has 1 aliphatic rings. The average Bonchev–Trinajstić information content (AvgIpc) is 2.89. The lowest BCUT2D eigenvalue weighted by Crippen LogP contribution is -2.39. The van der Waals surface area contributed by atoms with Gasteiger partial charge in [-0.3, -0.25) is 0 Å². The molecule has 21 heavy (non-hydrogen) atoms. The molecule has 3 N–H and O–H groups in total. The Kier molecular flexibility index (Phi) is 3.86. The van der Waals surface area contributed by atoms with Crippen molar-refractivity contribution in [2.75, 3.05) is 6.54 Å². The molecule has 2 nitrogen and oxygen atoms in total. The molecule has 0 heterocycles. The summed E-state index contributed by atoms with van der Waals surface area (Å²) in [5, 5.41) is 10.9. The fourth-order valence-corrected chi connectivity index (χ4v) is 3.72. The van der Waals surface area contributed by atoms with E-state index in [0.29, 0.717) is 5.56 Å². The normalized spacial score (nSPS) is 22.1. The predicted octanol–water partition coefficient (Wildman–Crippen LogP) is 3.46. The van der Waals surface area contributed by atoms with E-state index in [9.17, 15) is 9.50 Å². The zero-order valence-electron chi connectivity index (χ0n) is 11.5. The SMILES string of the molecule is NCC1(C(O)c2cc(Br)ccc2F)CCc2ccccc21. The summed E-state index contributed by atoms with van der Waals surface area (Å²) < 4.78 is 14.9. The first-order valence-electron chi connectivity index (χ1n) is 7.00. The molecule has 2 aromatic carbocycles. The van der Waals surface area contributed by atoms with Crippen LogP contribution in [0.4, 0.5) is 4.39 Å². The monoisotopic (exact) mass is 349 g/mol. The fraction of sp³-hybridized carbons (Fsp3) is 0.294. The minimum atomic E-state index is -0.955. The Bertz CT molecular complexity index is 676. The van der Waals surface area contributed by atoms with Crippen LogP contribution < -0.4 is 5.73 Å². The van der Waals surface area contributed by atoms with Crippen LogP contribution in [0.25, 0.3) is 0 Å². The standard InChI is InChI=1S/C17H17BrFNO/c18-12-5-6-15(19)13(9-12)16(21)17(10-20)8-7-11-3-1-2-4-14(11)17/h1-6,9,16,21H,7-8,10,20H2. The molecule has 0 radical (unpaired) electrons. The Morgan fingerprint density at radius 3 is 2.81 bits per heavy atom. The molecule has 4 heteroatoms. The molecular weight excluding hydrogens is 333 g/mol. The Morgan fingerprint density at radius 2 is 2.05 bits per heavy atom. The minimum Gasteiger partial charge on any atom is -0.387 e. The van der Waals surface area contributed by atoms with E-state index in [4.69, 9.17) is 5.73 Å². The van der Waals surface area contributed by atoms with Crippen molar-refractivity contribution in [3.8, 4) is 0 Å². The van der Waals surface area contributed by atoms with E-state index >= 15 is 0 Å². The van der Waals surface area contributed by atoms with Gasteiger partial charge in [0.2, 0.25) is 0 Å². The number of hydrogen-bond acceptors (Lipinski definition) is 2. The second-order valence-corrected chi connectivity index (χ2v) is 6.50. The van der Waals surface area contributed by atoms with Gasteiger partial charge in [-0.1, -0.05) is 40.2 Å². The van der Waals surface area contributed by atoms with Gasteiger partial charge in [0.15, 0.2) is 0 Å². The van der Waals surface area contributed by atoms with Crippen LogP contribution in [0.2, 0.25) is 0 Å². The third-order valence-corrected chi connectivity index (χ3v) is 5.03. The molecular formula is C17H17BrFNO. The van der Waals surface area contributed by atoms with Gasteiger partial charge in [0.05, 0.1) is 6.10 Å². The Labute approximate surface area is 131 Å². The van der Waals surface area contributed by atoms with Crippen molar-refractivity contribution < 1.29 is 9.50 Å². The number of halogens is 2. The number of aliphatic hydroxyl groups is 1. The van der Waals surface area contributed by atoms with Gasteiger partial charge in [-0.2, -0.15) is 0 Å². The molecule has 0 fully saturated rings. The Morgan fingerprint density at radius 1 is 1.29 bits per heavy atom. The zero-order valence-corrected chi connectivity index (χ0v) is 13.1. The van der Waals surface area contributed by atoms with Gasteiger partial charge in [0.1, 0.15) is 5.82 Å². The molecule has 2 unspecified atom stereocenters. The van der Waals surface area contributed by atoms with E-state index in [-0.39, 0.29) is 6.54 Å². The highest BCUT2D eigenvalue weighted by Gasteiger charge is 2.44. The van der Waals surface area contributed by atoms with Gasteiger partial charge in [-0.15, -0.1) is 0 Å². The quantitative estimate of drug-likeness (QED) is 0.891. The van der Waals surface area contributed by atoms with Crippen LogP contribution in [0.5, 0.6) is 0 Å². The zero-order chi connectivity index (χ0) is 15.0. The van der Waals surface area contributed by atoms with Gasteiger partial charge in [-0.25, -0.2) is 4.39 Å². The summed E-state index contributed by atoms with van der Waals surface area (Å²) in [5.74, 6) is -0.400. The number of aryl methyl sites for hydroxylation is 1. The van der Waals surface area contributed by atoms with Crippen molar-refractivity contribution in [3.63, 3.8) is 0 Å². The number of fused-ring (bicyclic) bond motifs is 1. The molecule has 0 saturated carbocycles. The van der Waals surface area contributed by atoms with Crippen LogP contribution in [-0.4, -0.2) is 11.7 Å². The first-order chi connectivity index (χ1) is 10.1. The van der Waals surface area contributed by atoms with Crippen molar-refractivity contribution in [2.45, 2.75) is 24.4 Å². The molecule has 2 atom stereocenters.